The van der Waals surface area contributed by atoms with Crippen LogP contribution in [0, 0.1) is 0 Å². The van der Waals surface area contributed by atoms with Crippen molar-refractivity contribution in [2.45, 2.75) is 5.16 Å². The third-order valence-corrected chi connectivity index (χ3v) is 5.84. The van der Waals surface area contributed by atoms with Gasteiger partial charge >= 0.3 is 0 Å². The zero-order chi connectivity index (χ0) is 23.4. The van der Waals surface area contributed by atoms with Gasteiger partial charge in [-0.1, -0.05) is 23.4 Å². The number of fused-ring (bicyclic) bond motifs is 1. The molecule has 2 aromatic heterocycles. The number of benzene rings is 2. The lowest BCUT2D eigenvalue weighted by molar-refractivity contribution is -0.113. The molecule has 0 bridgehead atoms. The zero-order valence-electron chi connectivity index (χ0n) is 18.0. The van der Waals surface area contributed by atoms with Gasteiger partial charge < -0.3 is 19.5 Å². The molecule has 170 valence electrons. The summed E-state index contributed by atoms with van der Waals surface area (Å²) >= 11 is 7.24. The number of hydrogen-bond acceptors (Lipinski definition) is 8. The van der Waals surface area contributed by atoms with Gasteiger partial charge in [-0.25, -0.2) is 0 Å². The minimum Gasteiger partial charge on any atom is -0.495 e. The Morgan fingerprint density at radius 1 is 0.970 bits per heavy atom. The van der Waals surface area contributed by atoms with Gasteiger partial charge in [0, 0.05) is 10.6 Å². The van der Waals surface area contributed by atoms with Crippen molar-refractivity contribution >= 4 is 40.6 Å². The molecule has 0 fully saturated rings. The van der Waals surface area contributed by atoms with Crippen molar-refractivity contribution in [1.82, 2.24) is 19.8 Å². The van der Waals surface area contributed by atoms with E-state index in [1.54, 1.807) is 36.9 Å². The van der Waals surface area contributed by atoms with Crippen molar-refractivity contribution in [3.05, 3.63) is 53.6 Å². The third kappa shape index (κ3) is 4.96. The van der Waals surface area contributed by atoms with E-state index in [2.05, 4.69) is 20.6 Å². The summed E-state index contributed by atoms with van der Waals surface area (Å²) in [6.45, 7) is 0. The Morgan fingerprint density at radius 2 is 1.73 bits per heavy atom. The first-order valence-electron chi connectivity index (χ1n) is 9.73. The summed E-state index contributed by atoms with van der Waals surface area (Å²) in [4.78, 5) is 12.5. The molecule has 9 nitrogen and oxygen atoms in total. The summed E-state index contributed by atoms with van der Waals surface area (Å²) in [6.07, 6.45) is 0. The number of amides is 1. The Kier molecular flexibility index (Phi) is 6.85. The van der Waals surface area contributed by atoms with Crippen LogP contribution < -0.4 is 19.5 Å². The van der Waals surface area contributed by atoms with Gasteiger partial charge in [-0.2, -0.15) is 9.61 Å². The number of hydrogen-bond donors (Lipinski definition) is 1. The van der Waals surface area contributed by atoms with Gasteiger partial charge in [-0.15, -0.1) is 10.2 Å². The molecule has 4 aromatic rings. The molecule has 4 rings (SSSR count). The van der Waals surface area contributed by atoms with E-state index in [-0.39, 0.29) is 11.7 Å². The molecule has 33 heavy (non-hydrogen) atoms. The maximum atomic E-state index is 12.5. The average molecular weight is 486 g/mol. The van der Waals surface area contributed by atoms with E-state index < -0.39 is 0 Å². The second-order valence-corrected chi connectivity index (χ2v) is 8.10. The molecule has 0 aliphatic carbocycles. The molecule has 2 heterocycles. The van der Waals surface area contributed by atoms with Gasteiger partial charge in [0.1, 0.15) is 5.75 Å². The van der Waals surface area contributed by atoms with Gasteiger partial charge in [0.25, 0.3) is 0 Å². The number of rotatable bonds is 8. The molecule has 0 unspecified atom stereocenters. The van der Waals surface area contributed by atoms with Crippen LogP contribution in [0.2, 0.25) is 5.02 Å². The van der Waals surface area contributed by atoms with Crippen LogP contribution in [0.4, 0.5) is 5.69 Å². The fourth-order valence-electron chi connectivity index (χ4n) is 3.10. The number of methoxy groups -OCH3 is 3. The van der Waals surface area contributed by atoms with Crippen molar-refractivity contribution in [1.29, 1.82) is 0 Å². The number of carbonyl (C=O) groups is 1. The highest BCUT2D eigenvalue weighted by Gasteiger charge is 2.14. The Labute approximate surface area is 199 Å². The lowest BCUT2D eigenvalue weighted by Crippen LogP contribution is -2.15. The van der Waals surface area contributed by atoms with Crippen LogP contribution in [0.1, 0.15) is 0 Å². The van der Waals surface area contributed by atoms with E-state index in [9.17, 15) is 4.79 Å². The van der Waals surface area contributed by atoms with Gasteiger partial charge in [-0.3, -0.25) is 4.79 Å². The molecule has 0 atom stereocenters. The molecule has 0 aliphatic heterocycles. The first kappa shape index (κ1) is 22.7. The Bertz CT molecular complexity index is 1310. The van der Waals surface area contributed by atoms with E-state index in [0.29, 0.717) is 44.5 Å². The molecule has 0 saturated heterocycles. The van der Waals surface area contributed by atoms with Crippen LogP contribution in [0.15, 0.2) is 53.7 Å². The fourth-order valence-corrected chi connectivity index (χ4v) is 3.96. The normalized spacial score (nSPS) is 10.8. The smallest absolute Gasteiger partial charge is 0.234 e. The molecule has 0 saturated carbocycles. The van der Waals surface area contributed by atoms with E-state index in [1.165, 1.54) is 18.9 Å². The lowest BCUT2D eigenvalue weighted by Gasteiger charge is -2.10. The molecule has 0 aliphatic rings. The number of ether oxygens (including phenoxy) is 3. The van der Waals surface area contributed by atoms with E-state index >= 15 is 0 Å². The van der Waals surface area contributed by atoms with Crippen LogP contribution in [-0.4, -0.2) is 52.8 Å². The molecule has 1 N–H and O–H groups in total. The van der Waals surface area contributed by atoms with Crippen molar-refractivity contribution < 1.29 is 19.0 Å². The van der Waals surface area contributed by atoms with Gasteiger partial charge in [0.15, 0.2) is 17.1 Å². The topological polar surface area (TPSA) is 99.9 Å². The van der Waals surface area contributed by atoms with Crippen molar-refractivity contribution in [2.75, 3.05) is 32.4 Å². The number of nitrogens with one attached hydrogen (secondary N) is 1. The zero-order valence-corrected chi connectivity index (χ0v) is 19.6. The Balaban J connectivity index is 1.52. The number of anilines is 1. The predicted molar refractivity (Wildman–Crippen MR) is 127 cm³/mol. The molecule has 1 amide bonds. The Hall–Kier alpha value is -3.50. The van der Waals surface area contributed by atoms with Gasteiger partial charge in [0.05, 0.1) is 38.5 Å². The molecule has 11 heteroatoms. The molecule has 0 radical (unpaired) electrons. The van der Waals surface area contributed by atoms with Crippen LogP contribution in [0.5, 0.6) is 17.2 Å². The maximum Gasteiger partial charge on any atom is 0.234 e. The highest BCUT2D eigenvalue weighted by atomic mass is 35.5. The van der Waals surface area contributed by atoms with Crippen molar-refractivity contribution in [3.63, 3.8) is 0 Å². The van der Waals surface area contributed by atoms with Crippen molar-refractivity contribution in [2.24, 2.45) is 0 Å². The highest BCUT2D eigenvalue weighted by molar-refractivity contribution is 7.99. The highest BCUT2D eigenvalue weighted by Crippen LogP contribution is 2.32. The fraction of sp³-hybridized carbons (Fsp3) is 0.182. The van der Waals surface area contributed by atoms with E-state index in [0.717, 1.165) is 5.56 Å². The second-order valence-electron chi connectivity index (χ2n) is 6.72. The second kappa shape index (κ2) is 9.97. The van der Waals surface area contributed by atoms with Crippen LogP contribution in [0.25, 0.3) is 16.9 Å². The van der Waals surface area contributed by atoms with Crippen molar-refractivity contribution in [3.8, 4) is 28.5 Å². The van der Waals surface area contributed by atoms with Crippen LogP contribution in [-0.2, 0) is 4.79 Å². The van der Waals surface area contributed by atoms with Crippen LogP contribution in [0.3, 0.4) is 0 Å². The largest absolute Gasteiger partial charge is 0.495 e. The summed E-state index contributed by atoms with van der Waals surface area (Å²) < 4.78 is 17.5. The van der Waals surface area contributed by atoms with Crippen LogP contribution >= 0.6 is 23.4 Å². The SMILES string of the molecule is COc1ccc(Cl)cc1NC(=O)CSc1nnc2ccc(-c3ccc(OC)c(OC)c3)nn12. The number of nitrogens with zero attached hydrogens (tertiary/aromatic N) is 4. The molecule has 2 aromatic carbocycles. The quantitative estimate of drug-likeness (QED) is 0.371. The first-order chi connectivity index (χ1) is 16.0. The molecular formula is C22H20ClN5O4S. The molecule has 0 spiro atoms. The van der Waals surface area contributed by atoms with Gasteiger partial charge in [-0.05, 0) is 48.5 Å². The standard InChI is InChI=1S/C22H20ClN5O4S/c1-30-17-8-5-14(23)11-16(17)24-21(29)12-33-22-26-25-20-9-6-15(27-28(20)22)13-4-7-18(31-2)19(10-13)32-3/h4-11H,12H2,1-3H3,(H,24,29). The average Bonchev–Trinajstić information content (AvgIpc) is 3.24. The maximum absolute atomic E-state index is 12.5. The summed E-state index contributed by atoms with van der Waals surface area (Å²) in [5, 5.41) is 16.7. The lowest BCUT2D eigenvalue weighted by atomic mass is 10.1. The minimum atomic E-state index is -0.242. The number of halogens is 1. The predicted octanol–water partition coefficient (Wildman–Crippen LogP) is 4.20. The monoisotopic (exact) mass is 485 g/mol. The number of carbonyl (C=O) groups excluding carboxylic acids is 1. The number of thioether (sulfide) groups is 1. The van der Waals surface area contributed by atoms with E-state index in [1.807, 2.05) is 30.3 Å². The first-order valence-corrected chi connectivity index (χ1v) is 11.1. The minimum absolute atomic E-state index is 0.0960. The summed E-state index contributed by atoms with van der Waals surface area (Å²) in [5.74, 6) is 1.60. The Morgan fingerprint density at radius 3 is 2.48 bits per heavy atom. The van der Waals surface area contributed by atoms with Gasteiger partial charge in [0.2, 0.25) is 11.1 Å². The summed E-state index contributed by atoms with van der Waals surface area (Å²) in [5.41, 5.74) is 2.59. The summed E-state index contributed by atoms with van der Waals surface area (Å²) in [7, 11) is 4.69. The summed E-state index contributed by atoms with van der Waals surface area (Å²) in [6, 6.07) is 14.2. The number of aromatic nitrogens is 4. The third-order valence-electron chi connectivity index (χ3n) is 4.68. The van der Waals surface area contributed by atoms with E-state index in [4.69, 9.17) is 25.8 Å². The molecular weight excluding hydrogens is 466 g/mol.